The average molecular weight is 412 g/mol. The molecule has 1 saturated heterocycles. The van der Waals surface area contributed by atoms with E-state index in [2.05, 4.69) is 10.2 Å². The van der Waals surface area contributed by atoms with Gasteiger partial charge in [0.25, 0.3) is 5.91 Å². The van der Waals surface area contributed by atoms with Crippen LogP contribution in [0.3, 0.4) is 0 Å². The van der Waals surface area contributed by atoms with Gasteiger partial charge in [-0.3, -0.25) is 14.5 Å². The van der Waals surface area contributed by atoms with Crippen LogP contribution in [0.15, 0.2) is 47.1 Å². The molecule has 1 saturated carbocycles. The molecule has 2 amide bonds. The van der Waals surface area contributed by atoms with Crippen molar-refractivity contribution in [1.29, 1.82) is 0 Å². The Balaban J connectivity index is 1.40. The number of furan rings is 1. The molecule has 0 radical (unpaired) electrons. The van der Waals surface area contributed by atoms with Gasteiger partial charge in [0.05, 0.1) is 32.1 Å². The molecule has 160 valence electrons. The van der Waals surface area contributed by atoms with Crippen molar-refractivity contribution >= 4 is 11.8 Å². The minimum absolute atomic E-state index is 0.0203. The molecular weight excluding hydrogens is 382 g/mol. The SMILES string of the molecule is C[C@@H]1CN(C(=O)CN(Cc2ccc(C(=O)NC3CC3)cc2)Cc2ccco2)CCO1. The van der Waals surface area contributed by atoms with Gasteiger partial charge in [0, 0.05) is 31.2 Å². The van der Waals surface area contributed by atoms with E-state index in [1.165, 1.54) is 0 Å². The van der Waals surface area contributed by atoms with Gasteiger partial charge in [-0.05, 0) is 49.6 Å². The predicted molar refractivity (Wildman–Crippen MR) is 112 cm³/mol. The molecule has 2 aromatic rings. The molecule has 1 aromatic carbocycles. The van der Waals surface area contributed by atoms with E-state index in [1.807, 2.05) is 48.2 Å². The summed E-state index contributed by atoms with van der Waals surface area (Å²) < 4.78 is 11.0. The molecule has 0 spiro atoms. The second-order valence-electron chi connectivity index (χ2n) is 8.19. The topological polar surface area (TPSA) is 75.0 Å². The number of ether oxygens (including phenoxy) is 1. The van der Waals surface area contributed by atoms with Crippen molar-refractivity contribution in [3.05, 3.63) is 59.5 Å². The van der Waals surface area contributed by atoms with Crippen molar-refractivity contribution in [2.24, 2.45) is 0 Å². The summed E-state index contributed by atoms with van der Waals surface area (Å²) in [7, 11) is 0. The normalized spacial score (nSPS) is 19.1. The number of hydrogen-bond acceptors (Lipinski definition) is 5. The number of nitrogens with one attached hydrogen (secondary N) is 1. The largest absolute Gasteiger partial charge is 0.468 e. The van der Waals surface area contributed by atoms with E-state index in [1.54, 1.807) is 6.26 Å². The summed E-state index contributed by atoms with van der Waals surface area (Å²) in [6.45, 7) is 5.26. The summed E-state index contributed by atoms with van der Waals surface area (Å²) in [5, 5.41) is 3.00. The first-order valence-electron chi connectivity index (χ1n) is 10.6. The fourth-order valence-electron chi connectivity index (χ4n) is 3.64. The molecule has 2 aliphatic rings. The Morgan fingerprint density at radius 3 is 2.63 bits per heavy atom. The van der Waals surface area contributed by atoms with Gasteiger partial charge in [0.15, 0.2) is 0 Å². The summed E-state index contributed by atoms with van der Waals surface area (Å²) in [5.74, 6) is 0.892. The lowest BCUT2D eigenvalue weighted by Crippen LogP contribution is -2.48. The molecule has 1 N–H and O–H groups in total. The van der Waals surface area contributed by atoms with E-state index in [0.29, 0.717) is 50.9 Å². The third-order valence-electron chi connectivity index (χ3n) is 5.45. The number of carbonyl (C=O) groups excluding carboxylic acids is 2. The highest BCUT2D eigenvalue weighted by Gasteiger charge is 2.25. The van der Waals surface area contributed by atoms with Crippen LogP contribution in [0.5, 0.6) is 0 Å². The molecule has 1 aliphatic carbocycles. The van der Waals surface area contributed by atoms with Gasteiger partial charge >= 0.3 is 0 Å². The van der Waals surface area contributed by atoms with Crippen LogP contribution in [0.1, 0.15) is 41.4 Å². The lowest BCUT2D eigenvalue weighted by molar-refractivity contribution is -0.139. The maximum Gasteiger partial charge on any atom is 0.251 e. The first-order chi connectivity index (χ1) is 14.6. The van der Waals surface area contributed by atoms with E-state index in [4.69, 9.17) is 9.15 Å². The molecule has 4 rings (SSSR count). The first-order valence-corrected chi connectivity index (χ1v) is 10.6. The van der Waals surface area contributed by atoms with Gasteiger partial charge in [0.1, 0.15) is 5.76 Å². The Bertz CT molecular complexity index is 846. The van der Waals surface area contributed by atoms with Crippen LogP contribution in [0, 0.1) is 0 Å². The zero-order valence-corrected chi connectivity index (χ0v) is 17.4. The van der Waals surface area contributed by atoms with Crippen molar-refractivity contribution in [3.63, 3.8) is 0 Å². The standard InChI is InChI=1S/C23H29N3O4/c1-17-13-26(10-12-29-17)22(27)16-25(15-21-3-2-11-30-21)14-18-4-6-19(7-5-18)23(28)24-20-8-9-20/h2-7,11,17,20H,8-10,12-16H2,1H3,(H,24,28)/t17-/m1/s1. The zero-order valence-electron chi connectivity index (χ0n) is 17.4. The molecule has 1 aromatic heterocycles. The van der Waals surface area contributed by atoms with E-state index >= 15 is 0 Å². The van der Waals surface area contributed by atoms with Crippen LogP contribution in [-0.4, -0.2) is 60.0 Å². The summed E-state index contributed by atoms with van der Waals surface area (Å²) in [5.41, 5.74) is 1.72. The Hall–Kier alpha value is -2.64. The molecule has 7 nitrogen and oxygen atoms in total. The second kappa shape index (κ2) is 9.45. The molecule has 1 aliphatic heterocycles. The van der Waals surface area contributed by atoms with Crippen molar-refractivity contribution < 1.29 is 18.7 Å². The van der Waals surface area contributed by atoms with E-state index < -0.39 is 0 Å². The number of hydrogen-bond donors (Lipinski definition) is 1. The Kier molecular flexibility index (Phi) is 6.50. The van der Waals surface area contributed by atoms with Crippen molar-refractivity contribution in [3.8, 4) is 0 Å². The summed E-state index contributed by atoms with van der Waals surface area (Å²) in [4.78, 5) is 29.0. The fraction of sp³-hybridized carbons (Fsp3) is 0.478. The summed E-state index contributed by atoms with van der Waals surface area (Å²) >= 11 is 0. The van der Waals surface area contributed by atoms with Crippen LogP contribution in [0.4, 0.5) is 0 Å². The second-order valence-corrected chi connectivity index (χ2v) is 8.19. The lowest BCUT2D eigenvalue weighted by Gasteiger charge is -2.33. The zero-order chi connectivity index (χ0) is 20.9. The minimum Gasteiger partial charge on any atom is -0.468 e. The number of benzene rings is 1. The first kappa shape index (κ1) is 20.6. The molecule has 7 heteroatoms. The average Bonchev–Trinajstić information content (AvgIpc) is 3.40. The van der Waals surface area contributed by atoms with Crippen LogP contribution >= 0.6 is 0 Å². The predicted octanol–water partition coefficient (Wildman–Crippen LogP) is 2.42. The van der Waals surface area contributed by atoms with E-state index in [9.17, 15) is 9.59 Å². The van der Waals surface area contributed by atoms with Gasteiger partial charge in [-0.15, -0.1) is 0 Å². The Labute approximate surface area is 177 Å². The molecular formula is C23H29N3O4. The third kappa shape index (κ3) is 5.70. The fourth-order valence-corrected chi connectivity index (χ4v) is 3.64. The molecule has 2 heterocycles. The van der Waals surface area contributed by atoms with E-state index in [-0.39, 0.29) is 17.9 Å². The van der Waals surface area contributed by atoms with Crippen molar-refractivity contribution in [2.75, 3.05) is 26.2 Å². The highest BCUT2D eigenvalue weighted by molar-refractivity contribution is 5.94. The highest BCUT2D eigenvalue weighted by atomic mass is 16.5. The van der Waals surface area contributed by atoms with E-state index in [0.717, 1.165) is 24.2 Å². The summed E-state index contributed by atoms with van der Waals surface area (Å²) in [6.07, 6.45) is 3.85. The van der Waals surface area contributed by atoms with Crippen LogP contribution in [-0.2, 0) is 22.6 Å². The van der Waals surface area contributed by atoms with Gasteiger partial charge in [0.2, 0.25) is 5.91 Å². The smallest absolute Gasteiger partial charge is 0.251 e. The third-order valence-corrected chi connectivity index (χ3v) is 5.45. The van der Waals surface area contributed by atoms with Crippen molar-refractivity contribution in [2.45, 2.75) is 45.0 Å². The number of nitrogens with zero attached hydrogens (tertiary/aromatic N) is 2. The molecule has 2 fully saturated rings. The number of carbonyl (C=O) groups is 2. The number of morpholine rings is 1. The molecule has 30 heavy (non-hydrogen) atoms. The lowest BCUT2D eigenvalue weighted by atomic mass is 10.1. The van der Waals surface area contributed by atoms with Crippen LogP contribution in [0.2, 0.25) is 0 Å². The van der Waals surface area contributed by atoms with Gasteiger partial charge in [-0.2, -0.15) is 0 Å². The molecule has 1 atom stereocenters. The molecule has 0 unspecified atom stereocenters. The Morgan fingerprint density at radius 1 is 1.17 bits per heavy atom. The van der Waals surface area contributed by atoms with Crippen molar-refractivity contribution in [1.82, 2.24) is 15.1 Å². The van der Waals surface area contributed by atoms with Gasteiger partial charge in [-0.25, -0.2) is 0 Å². The van der Waals surface area contributed by atoms with Gasteiger partial charge in [-0.1, -0.05) is 12.1 Å². The highest BCUT2D eigenvalue weighted by Crippen LogP contribution is 2.19. The number of amides is 2. The Morgan fingerprint density at radius 2 is 1.97 bits per heavy atom. The summed E-state index contributed by atoms with van der Waals surface area (Å²) in [6, 6.07) is 11.7. The van der Waals surface area contributed by atoms with Crippen LogP contribution < -0.4 is 5.32 Å². The quantitative estimate of drug-likeness (QED) is 0.722. The van der Waals surface area contributed by atoms with Gasteiger partial charge < -0.3 is 19.4 Å². The maximum absolute atomic E-state index is 12.9. The maximum atomic E-state index is 12.9. The monoisotopic (exact) mass is 411 g/mol. The molecule has 0 bridgehead atoms. The van der Waals surface area contributed by atoms with Crippen LogP contribution in [0.25, 0.3) is 0 Å². The number of rotatable bonds is 8. The minimum atomic E-state index is -0.0203.